The van der Waals surface area contributed by atoms with E-state index in [4.69, 9.17) is 14.6 Å². The average molecular weight is 258 g/mol. The van der Waals surface area contributed by atoms with Crippen LogP contribution in [-0.4, -0.2) is 27.7 Å². The highest BCUT2D eigenvalue weighted by Crippen LogP contribution is 2.34. The molecule has 0 radical (unpaired) electrons. The fraction of sp³-hybridized carbons (Fsp3) is 0.154. The molecule has 3 rings (SSSR count). The van der Waals surface area contributed by atoms with Crippen LogP contribution in [0.15, 0.2) is 36.7 Å². The Morgan fingerprint density at radius 2 is 1.89 bits per heavy atom. The smallest absolute Gasteiger partial charge is 0.338 e. The van der Waals surface area contributed by atoms with Gasteiger partial charge >= 0.3 is 5.97 Å². The molecule has 0 bridgehead atoms. The molecule has 0 amide bonds. The van der Waals surface area contributed by atoms with Crippen LogP contribution in [0.3, 0.4) is 0 Å². The summed E-state index contributed by atoms with van der Waals surface area (Å²) in [5.41, 5.74) is 0.0425. The molecule has 0 saturated heterocycles. The number of benzene rings is 1. The minimum Gasteiger partial charge on any atom is -0.485 e. The summed E-state index contributed by atoms with van der Waals surface area (Å²) < 4.78 is 11.3. The molecule has 1 unspecified atom stereocenters. The molecule has 0 fully saturated rings. The molecular weight excluding hydrogens is 248 g/mol. The van der Waals surface area contributed by atoms with E-state index < -0.39 is 12.1 Å². The predicted molar refractivity (Wildman–Crippen MR) is 64.3 cm³/mol. The molecule has 2 aromatic rings. The van der Waals surface area contributed by atoms with Crippen molar-refractivity contribution in [3.63, 3.8) is 0 Å². The number of ether oxygens (including phenoxy) is 2. The van der Waals surface area contributed by atoms with Crippen LogP contribution in [0.5, 0.6) is 11.5 Å². The number of hydrogen-bond donors (Lipinski definition) is 1. The highest BCUT2D eigenvalue weighted by Gasteiger charge is 2.24. The lowest BCUT2D eigenvalue weighted by atomic mass is 10.2. The van der Waals surface area contributed by atoms with Crippen LogP contribution < -0.4 is 9.47 Å². The summed E-state index contributed by atoms with van der Waals surface area (Å²) >= 11 is 0. The lowest BCUT2D eigenvalue weighted by Crippen LogP contribution is -2.23. The van der Waals surface area contributed by atoms with Crippen molar-refractivity contribution in [1.29, 1.82) is 0 Å². The highest BCUT2D eigenvalue weighted by molar-refractivity contribution is 5.86. The summed E-state index contributed by atoms with van der Waals surface area (Å²) in [5.74, 6) is 0.655. The van der Waals surface area contributed by atoms with Gasteiger partial charge in [-0.05, 0) is 12.1 Å². The monoisotopic (exact) mass is 258 g/mol. The molecule has 1 atom stereocenters. The van der Waals surface area contributed by atoms with Gasteiger partial charge in [0.2, 0.25) is 0 Å². The number of aromatic nitrogens is 2. The van der Waals surface area contributed by atoms with Crippen LogP contribution >= 0.6 is 0 Å². The first kappa shape index (κ1) is 11.5. The number of aromatic carboxylic acids is 1. The lowest BCUT2D eigenvalue weighted by molar-refractivity contribution is 0.0693. The molecule has 1 aliphatic rings. The van der Waals surface area contributed by atoms with Crippen molar-refractivity contribution in [1.82, 2.24) is 9.97 Å². The van der Waals surface area contributed by atoms with Crippen LogP contribution in [-0.2, 0) is 0 Å². The molecule has 96 valence electrons. The largest absolute Gasteiger partial charge is 0.485 e. The number of carbonyl (C=O) groups is 1. The molecule has 1 aromatic heterocycles. The van der Waals surface area contributed by atoms with Crippen molar-refractivity contribution >= 4 is 5.97 Å². The second kappa shape index (κ2) is 4.56. The molecule has 0 aliphatic carbocycles. The van der Waals surface area contributed by atoms with Crippen LogP contribution in [0, 0.1) is 0 Å². The zero-order chi connectivity index (χ0) is 13.2. The van der Waals surface area contributed by atoms with Gasteiger partial charge in [0, 0.05) is 12.4 Å². The number of para-hydroxylation sites is 2. The van der Waals surface area contributed by atoms with Gasteiger partial charge in [0.25, 0.3) is 0 Å². The van der Waals surface area contributed by atoms with Gasteiger partial charge in [-0.2, -0.15) is 0 Å². The molecule has 0 spiro atoms. The van der Waals surface area contributed by atoms with E-state index in [0.717, 1.165) is 0 Å². The van der Waals surface area contributed by atoms with Crippen LogP contribution in [0.2, 0.25) is 0 Å². The maximum atomic E-state index is 10.7. The Kier molecular flexibility index (Phi) is 2.75. The van der Waals surface area contributed by atoms with Crippen LogP contribution in [0.4, 0.5) is 0 Å². The molecule has 1 aromatic carbocycles. The second-order valence-electron chi connectivity index (χ2n) is 4.00. The van der Waals surface area contributed by atoms with E-state index >= 15 is 0 Å². The summed E-state index contributed by atoms with van der Waals surface area (Å²) in [5, 5.41) is 8.78. The first-order valence-electron chi connectivity index (χ1n) is 5.68. The number of nitrogens with zero attached hydrogens (tertiary/aromatic N) is 2. The van der Waals surface area contributed by atoms with Gasteiger partial charge in [-0.1, -0.05) is 12.1 Å². The number of fused-ring (bicyclic) bond motifs is 1. The van der Waals surface area contributed by atoms with Gasteiger partial charge in [-0.25, -0.2) is 14.8 Å². The van der Waals surface area contributed by atoms with Crippen molar-refractivity contribution in [2.75, 3.05) is 6.61 Å². The zero-order valence-electron chi connectivity index (χ0n) is 9.81. The van der Waals surface area contributed by atoms with Crippen molar-refractivity contribution in [3.8, 4) is 11.5 Å². The van der Waals surface area contributed by atoms with E-state index in [-0.39, 0.29) is 5.56 Å². The Hall–Kier alpha value is -2.63. The highest BCUT2D eigenvalue weighted by atomic mass is 16.6. The molecule has 6 heteroatoms. The molecule has 1 N–H and O–H groups in total. The molecule has 2 heterocycles. The predicted octanol–water partition coefficient (Wildman–Crippen LogP) is 1.69. The van der Waals surface area contributed by atoms with Crippen LogP contribution in [0.1, 0.15) is 22.3 Å². The molecule has 0 saturated carbocycles. The van der Waals surface area contributed by atoms with E-state index in [1.165, 1.54) is 12.4 Å². The minimum absolute atomic E-state index is 0.0425. The van der Waals surface area contributed by atoms with E-state index in [1.807, 2.05) is 18.2 Å². The SMILES string of the molecule is O=C(O)c1cnc(C2COc3ccccc3O2)nc1. The van der Waals surface area contributed by atoms with Crippen molar-refractivity contribution in [3.05, 3.63) is 48.0 Å². The maximum absolute atomic E-state index is 10.7. The standard InChI is InChI=1S/C13H10N2O4/c16-13(17)8-5-14-12(15-6-8)11-7-18-9-3-1-2-4-10(9)19-11/h1-6,11H,7H2,(H,16,17). The zero-order valence-corrected chi connectivity index (χ0v) is 9.81. The molecule has 1 aliphatic heterocycles. The summed E-state index contributed by atoms with van der Waals surface area (Å²) in [6.45, 7) is 0.295. The van der Waals surface area contributed by atoms with E-state index in [1.54, 1.807) is 6.07 Å². The number of hydrogen-bond acceptors (Lipinski definition) is 5. The number of rotatable bonds is 2. The molecule has 6 nitrogen and oxygen atoms in total. The first-order valence-corrected chi connectivity index (χ1v) is 5.68. The third-order valence-corrected chi connectivity index (χ3v) is 2.72. The van der Waals surface area contributed by atoms with E-state index in [9.17, 15) is 4.79 Å². The third-order valence-electron chi connectivity index (χ3n) is 2.72. The Balaban J connectivity index is 1.83. The van der Waals surface area contributed by atoms with Crippen molar-refractivity contribution < 1.29 is 19.4 Å². The van der Waals surface area contributed by atoms with E-state index in [2.05, 4.69) is 9.97 Å². The van der Waals surface area contributed by atoms with Gasteiger partial charge in [0.15, 0.2) is 23.4 Å². The van der Waals surface area contributed by atoms with Gasteiger partial charge in [-0.15, -0.1) is 0 Å². The third kappa shape index (κ3) is 2.20. The minimum atomic E-state index is -1.06. The quantitative estimate of drug-likeness (QED) is 0.882. The molecule has 19 heavy (non-hydrogen) atoms. The van der Waals surface area contributed by atoms with Crippen molar-refractivity contribution in [2.45, 2.75) is 6.10 Å². The lowest BCUT2D eigenvalue weighted by Gasteiger charge is -2.25. The van der Waals surface area contributed by atoms with Crippen LogP contribution in [0.25, 0.3) is 0 Å². The summed E-state index contributed by atoms with van der Waals surface area (Å²) in [7, 11) is 0. The second-order valence-corrected chi connectivity index (χ2v) is 4.00. The van der Waals surface area contributed by atoms with Gasteiger partial charge in [0.05, 0.1) is 5.56 Å². The fourth-order valence-corrected chi connectivity index (χ4v) is 1.76. The Morgan fingerprint density at radius 1 is 1.21 bits per heavy atom. The maximum Gasteiger partial charge on any atom is 0.338 e. The van der Waals surface area contributed by atoms with Gasteiger partial charge < -0.3 is 14.6 Å². The van der Waals surface area contributed by atoms with Gasteiger partial charge in [0.1, 0.15) is 6.61 Å². The summed E-state index contributed by atoms with van der Waals surface area (Å²) in [6, 6.07) is 7.33. The number of carboxylic acids is 1. The topological polar surface area (TPSA) is 81.5 Å². The van der Waals surface area contributed by atoms with E-state index in [0.29, 0.717) is 23.9 Å². The average Bonchev–Trinajstić information content (AvgIpc) is 2.47. The number of carboxylic acid groups (broad SMARTS) is 1. The normalized spacial score (nSPS) is 16.9. The Labute approximate surface area is 108 Å². The Bertz CT molecular complexity index is 612. The van der Waals surface area contributed by atoms with Crippen molar-refractivity contribution in [2.24, 2.45) is 0 Å². The molecular formula is C13H10N2O4. The summed E-state index contributed by atoms with van der Waals surface area (Å²) in [4.78, 5) is 18.7. The van der Waals surface area contributed by atoms with Gasteiger partial charge in [-0.3, -0.25) is 0 Å². The Morgan fingerprint density at radius 3 is 2.58 bits per heavy atom. The first-order chi connectivity index (χ1) is 9.24. The summed E-state index contributed by atoms with van der Waals surface area (Å²) in [6.07, 6.45) is 2.08. The fourth-order valence-electron chi connectivity index (χ4n) is 1.76.